The highest BCUT2D eigenvalue weighted by atomic mass is 79.9. The van der Waals surface area contributed by atoms with Crippen LogP contribution >= 0.6 is 27.3 Å². The second kappa shape index (κ2) is 4.45. The molecule has 6 heteroatoms. The minimum absolute atomic E-state index is 0.269. The highest BCUT2D eigenvalue weighted by Gasteiger charge is 2.33. The van der Waals surface area contributed by atoms with Crippen LogP contribution in [0.3, 0.4) is 0 Å². The molecule has 0 spiro atoms. The maximum absolute atomic E-state index is 13.0. The smallest absolute Gasteiger partial charge is 0.283 e. The van der Waals surface area contributed by atoms with E-state index < -0.39 is 12.5 Å². The Labute approximate surface area is 98.8 Å². The van der Waals surface area contributed by atoms with Gasteiger partial charge in [-0.25, -0.2) is 8.78 Å². The van der Waals surface area contributed by atoms with E-state index in [1.165, 1.54) is 11.3 Å². The second-order valence-corrected chi connectivity index (χ2v) is 5.92. The van der Waals surface area contributed by atoms with Crippen molar-refractivity contribution in [2.45, 2.75) is 12.0 Å². The van der Waals surface area contributed by atoms with Gasteiger partial charge in [0.25, 0.3) is 5.92 Å². The van der Waals surface area contributed by atoms with E-state index in [2.05, 4.69) is 21.2 Å². The molecular weight excluding hydrogens is 288 g/mol. The first-order chi connectivity index (χ1) is 7.07. The number of thiophene rings is 1. The molecule has 1 unspecified atom stereocenters. The SMILES string of the molecule is FC1(F)CNCC(c2ccc(Br)s2)OC1. The average molecular weight is 298 g/mol. The molecule has 1 aliphatic heterocycles. The fraction of sp³-hybridized carbons (Fsp3) is 0.556. The van der Waals surface area contributed by atoms with Crippen molar-refractivity contribution in [1.82, 2.24) is 5.32 Å². The van der Waals surface area contributed by atoms with Crippen molar-refractivity contribution < 1.29 is 13.5 Å². The Morgan fingerprint density at radius 3 is 3.00 bits per heavy atom. The largest absolute Gasteiger partial charge is 0.365 e. The number of alkyl halides is 2. The van der Waals surface area contributed by atoms with Gasteiger partial charge in [0.1, 0.15) is 12.7 Å². The normalized spacial score (nSPS) is 26.2. The number of rotatable bonds is 1. The molecule has 0 saturated carbocycles. The number of hydrogen-bond acceptors (Lipinski definition) is 3. The van der Waals surface area contributed by atoms with Crippen molar-refractivity contribution in [3.05, 3.63) is 20.8 Å². The molecule has 0 aliphatic carbocycles. The molecule has 2 rings (SSSR count). The van der Waals surface area contributed by atoms with Gasteiger partial charge in [-0.15, -0.1) is 11.3 Å². The average Bonchev–Trinajstić information content (AvgIpc) is 2.49. The summed E-state index contributed by atoms with van der Waals surface area (Å²) in [6, 6.07) is 3.79. The molecule has 1 atom stereocenters. The van der Waals surface area contributed by atoms with E-state index in [-0.39, 0.29) is 12.6 Å². The second-order valence-electron chi connectivity index (χ2n) is 3.43. The predicted molar refractivity (Wildman–Crippen MR) is 58.5 cm³/mol. The van der Waals surface area contributed by atoms with E-state index in [0.29, 0.717) is 6.54 Å². The number of halogens is 3. The van der Waals surface area contributed by atoms with Crippen LogP contribution in [0, 0.1) is 0 Å². The summed E-state index contributed by atoms with van der Waals surface area (Å²) in [6.07, 6.45) is -0.269. The topological polar surface area (TPSA) is 21.3 Å². The van der Waals surface area contributed by atoms with Crippen LogP contribution in [0.5, 0.6) is 0 Å². The Bertz CT molecular complexity index is 345. The van der Waals surface area contributed by atoms with Gasteiger partial charge < -0.3 is 10.1 Å². The summed E-state index contributed by atoms with van der Waals surface area (Å²) in [6.45, 7) is -0.390. The zero-order valence-corrected chi connectivity index (χ0v) is 10.2. The Morgan fingerprint density at radius 1 is 1.53 bits per heavy atom. The third-order valence-corrected chi connectivity index (χ3v) is 3.84. The number of ether oxygens (including phenoxy) is 1. The minimum atomic E-state index is -2.76. The fourth-order valence-electron chi connectivity index (χ4n) is 1.40. The Hall–Kier alpha value is -0.0400. The number of nitrogens with one attached hydrogen (secondary N) is 1. The molecule has 2 nitrogen and oxygen atoms in total. The van der Waals surface area contributed by atoms with Crippen molar-refractivity contribution >= 4 is 27.3 Å². The summed E-state index contributed by atoms with van der Waals surface area (Å²) in [4.78, 5) is 0.965. The number of hydrogen-bond donors (Lipinski definition) is 1. The van der Waals surface area contributed by atoms with Crippen molar-refractivity contribution in [3.63, 3.8) is 0 Å². The molecule has 1 saturated heterocycles. The lowest BCUT2D eigenvalue weighted by molar-refractivity contribution is -0.0775. The van der Waals surface area contributed by atoms with Gasteiger partial charge in [-0.3, -0.25) is 0 Å². The van der Waals surface area contributed by atoms with E-state index in [1.807, 2.05) is 12.1 Å². The molecular formula is C9H10BrF2NOS. The monoisotopic (exact) mass is 297 g/mol. The molecule has 1 aromatic heterocycles. The van der Waals surface area contributed by atoms with Crippen LogP contribution in [0.15, 0.2) is 15.9 Å². The predicted octanol–water partition coefficient (Wildman–Crippen LogP) is 2.81. The van der Waals surface area contributed by atoms with Gasteiger partial charge in [0.05, 0.1) is 10.3 Å². The quantitative estimate of drug-likeness (QED) is 0.861. The highest BCUT2D eigenvalue weighted by Crippen LogP contribution is 2.31. The summed E-state index contributed by atoms with van der Waals surface area (Å²) in [5, 5.41) is 2.71. The first-order valence-electron chi connectivity index (χ1n) is 4.52. The summed E-state index contributed by atoms with van der Waals surface area (Å²) < 4.78 is 32.1. The van der Waals surface area contributed by atoms with E-state index in [9.17, 15) is 8.78 Å². The summed E-state index contributed by atoms with van der Waals surface area (Å²) in [5.74, 6) is -2.76. The first kappa shape index (κ1) is 11.4. The fourth-order valence-corrected chi connectivity index (χ4v) is 2.88. The first-order valence-corrected chi connectivity index (χ1v) is 6.13. The summed E-state index contributed by atoms with van der Waals surface area (Å²) in [5.41, 5.74) is 0. The van der Waals surface area contributed by atoms with Crippen molar-refractivity contribution in [2.24, 2.45) is 0 Å². The third kappa shape index (κ3) is 2.96. The summed E-state index contributed by atoms with van der Waals surface area (Å²) >= 11 is 4.85. The third-order valence-electron chi connectivity index (χ3n) is 2.12. The van der Waals surface area contributed by atoms with E-state index in [1.54, 1.807) is 0 Å². The van der Waals surface area contributed by atoms with Crippen LogP contribution in [0.2, 0.25) is 0 Å². The van der Waals surface area contributed by atoms with Crippen LogP contribution in [-0.4, -0.2) is 25.6 Å². The molecule has 0 amide bonds. The van der Waals surface area contributed by atoms with Crippen LogP contribution in [0.4, 0.5) is 8.78 Å². The van der Waals surface area contributed by atoms with Gasteiger partial charge in [-0.05, 0) is 28.1 Å². The Balaban J connectivity index is 2.05. The van der Waals surface area contributed by atoms with Gasteiger partial charge in [0, 0.05) is 11.4 Å². The van der Waals surface area contributed by atoms with Gasteiger partial charge in [-0.1, -0.05) is 0 Å². The standard InChI is InChI=1S/C9H10BrF2NOS/c10-8-2-1-7(15-8)6-3-13-4-9(11,12)5-14-6/h1-2,6,13H,3-5H2. The van der Waals surface area contributed by atoms with Crippen LogP contribution < -0.4 is 5.32 Å². The van der Waals surface area contributed by atoms with Crippen molar-refractivity contribution in [2.75, 3.05) is 19.7 Å². The maximum Gasteiger partial charge on any atom is 0.283 e. The molecule has 0 radical (unpaired) electrons. The molecule has 84 valence electrons. The van der Waals surface area contributed by atoms with Crippen LogP contribution in [0.1, 0.15) is 11.0 Å². The van der Waals surface area contributed by atoms with Gasteiger partial charge >= 0.3 is 0 Å². The lowest BCUT2D eigenvalue weighted by Crippen LogP contribution is -2.33. The van der Waals surface area contributed by atoms with E-state index in [0.717, 1.165) is 8.66 Å². The Kier molecular flexibility index (Phi) is 3.39. The maximum atomic E-state index is 13.0. The summed E-state index contributed by atoms with van der Waals surface area (Å²) in [7, 11) is 0. The molecule has 1 fully saturated rings. The molecule has 1 N–H and O–H groups in total. The van der Waals surface area contributed by atoms with Crippen molar-refractivity contribution in [3.8, 4) is 0 Å². The molecule has 2 heterocycles. The van der Waals surface area contributed by atoms with Crippen LogP contribution in [-0.2, 0) is 4.74 Å². The van der Waals surface area contributed by atoms with E-state index in [4.69, 9.17) is 4.74 Å². The molecule has 0 aromatic carbocycles. The molecule has 1 aromatic rings. The lowest BCUT2D eigenvalue weighted by atomic mass is 10.3. The van der Waals surface area contributed by atoms with Gasteiger partial charge in [0.15, 0.2) is 0 Å². The molecule has 15 heavy (non-hydrogen) atoms. The van der Waals surface area contributed by atoms with Crippen LogP contribution in [0.25, 0.3) is 0 Å². The van der Waals surface area contributed by atoms with Gasteiger partial charge in [0.2, 0.25) is 0 Å². The lowest BCUT2D eigenvalue weighted by Gasteiger charge is -2.14. The highest BCUT2D eigenvalue weighted by molar-refractivity contribution is 9.11. The minimum Gasteiger partial charge on any atom is -0.365 e. The van der Waals surface area contributed by atoms with Crippen molar-refractivity contribution in [1.29, 1.82) is 0 Å². The van der Waals surface area contributed by atoms with E-state index >= 15 is 0 Å². The molecule has 0 bridgehead atoms. The van der Waals surface area contributed by atoms with Gasteiger partial charge in [-0.2, -0.15) is 0 Å². The Morgan fingerprint density at radius 2 is 2.33 bits per heavy atom. The molecule has 1 aliphatic rings. The zero-order chi connectivity index (χ0) is 10.9. The zero-order valence-electron chi connectivity index (χ0n) is 7.80.